The number of likely N-dealkylation sites (N-methyl/N-ethyl adjacent to an activating group) is 1. The van der Waals surface area contributed by atoms with E-state index in [1.807, 2.05) is 31.2 Å². The molecule has 140 valence electrons. The first-order chi connectivity index (χ1) is 12.6. The highest BCUT2D eigenvalue weighted by molar-refractivity contribution is 6.00. The number of fused-ring (bicyclic) bond motifs is 1. The van der Waals surface area contributed by atoms with Crippen LogP contribution in [0.1, 0.15) is 42.7 Å². The molecule has 1 aromatic heterocycles. The van der Waals surface area contributed by atoms with Crippen LogP contribution in [0.2, 0.25) is 0 Å². The molecule has 2 aromatic rings. The second-order valence-corrected chi connectivity index (χ2v) is 6.80. The monoisotopic (exact) mass is 357 g/mol. The molecular formula is C20H27N3O3. The highest BCUT2D eigenvalue weighted by Gasteiger charge is 2.25. The van der Waals surface area contributed by atoms with Gasteiger partial charge in [-0.3, -0.25) is 9.69 Å². The first-order valence-electron chi connectivity index (χ1n) is 9.40. The van der Waals surface area contributed by atoms with Crippen LogP contribution in [0.5, 0.6) is 0 Å². The maximum Gasteiger partial charge on any atom is 0.352 e. The van der Waals surface area contributed by atoms with E-state index in [0.29, 0.717) is 24.7 Å². The van der Waals surface area contributed by atoms with Gasteiger partial charge in [0.1, 0.15) is 5.69 Å². The van der Waals surface area contributed by atoms with Crippen molar-refractivity contribution in [3.05, 3.63) is 35.5 Å². The molecule has 0 spiro atoms. The number of nitrogens with zero attached hydrogens (tertiary/aromatic N) is 2. The molecule has 1 aromatic carbocycles. The Hall–Kier alpha value is -2.34. The van der Waals surface area contributed by atoms with Crippen LogP contribution >= 0.6 is 0 Å². The summed E-state index contributed by atoms with van der Waals surface area (Å²) in [5.74, 6) is -1.10. The number of likely N-dealkylation sites (tertiary alicyclic amines) is 1. The Morgan fingerprint density at radius 2 is 2.00 bits per heavy atom. The fourth-order valence-corrected chi connectivity index (χ4v) is 4.12. The van der Waals surface area contributed by atoms with Crippen LogP contribution in [0.4, 0.5) is 0 Å². The minimum Gasteiger partial charge on any atom is -0.477 e. The van der Waals surface area contributed by atoms with Gasteiger partial charge in [0.05, 0.1) is 6.42 Å². The molecule has 26 heavy (non-hydrogen) atoms. The Labute approximate surface area is 153 Å². The second kappa shape index (κ2) is 7.91. The largest absolute Gasteiger partial charge is 0.477 e. The molecule has 2 heterocycles. The zero-order valence-corrected chi connectivity index (χ0v) is 15.5. The minimum atomic E-state index is -0.987. The lowest BCUT2D eigenvalue weighted by Crippen LogP contribution is -2.40. The first-order valence-corrected chi connectivity index (χ1v) is 9.40. The van der Waals surface area contributed by atoms with Gasteiger partial charge < -0.3 is 15.0 Å². The number of amides is 1. The summed E-state index contributed by atoms with van der Waals surface area (Å²) in [6, 6.07) is 7.97. The highest BCUT2D eigenvalue weighted by atomic mass is 16.4. The minimum absolute atomic E-state index is 0.0913. The summed E-state index contributed by atoms with van der Waals surface area (Å²) in [4.78, 5) is 26.8. The molecule has 1 unspecified atom stereocenters. The van der Waals surface area contributed by atoms with Crippen molar-refractivity contribution < 1.29 is 14.7 Å². The third-order valence-electron chi connectivity index (χ3n) is 5.37. The van der Waals surface area contributed by atoms with Gasteiger partial charge in [0, 0.05) is 35.6 Å². The maximum absolute atomic E-state index is 12.5. The van der Waals surface area contributed by atoms with Gasteiger partial charge in [-0.25, -0.2) is 4.79 Å². The molecule has 1 amide bonds. The third-order valence-corrected chi connectivity index (χ3v) is 5.37. The van der Waals surface area contributed by atoms with E-state index in [0.717, 1.165) is 30.4 Å². The maximum atomic E-state index is 12.5. The Kier molecular flexibility index (Phi) is 5.61. The Morgan fingerprint density at radius 3 is 2.69 bits per heavy atom. The predicted octanol–water partition coefficient (Wildman–Crippen LogP) is 2.50. The second-order valence-electron chi connectivity index (χ2n) is 6.80. The molecule has 6 nitrogen and oxygen atoms in total. The highest BCUT2D eigenvalue weighted by Crippen LogP contribution is 2.27. The van der Waals surface area contributed by atoms with Crippen LogP contribution in [-0.2, 0) is 17.8 Å². The van der Waals surface area contributed by atoms with Crippen molar-refractivity contribution in [2.45, 2.75) is 45.7 Å². The van der Waals surface area contributed by atoms with Crippen LogP contribution in [-0.4, -0.2) is 52.1 Å². The van der Waals surface area contributed by atoms with Gasteiger partial charge in [-0.15, -0.1) is 0 Å². The molecule has 0 saturated carbocycles. The van der Waals surface area contributed by atoms with Gasteiger partial charge in [0.15, 0.2) is 0 Å². The quantitative estimate of drug-likeness (QED) is 0.798. The number of aryl methyl sites for hydroxylation is 1. The van der Waals surface area contributed by atoms with E-state index < -0.39 is 5.97 Å². The van der Waals surface area contributed by atoms with E-state index in [2.05, 4.69) is 17.1 Å². The number of carbonyl (C=O) groups excluding carboxylic acids is 1. The molecule has 2 N–H and O–H groups in total. The zero-order chi connectivity index (χ0) is 18.7. The lowest BCUT2D eigenvalue weighted by molar-refractivity contribution is -0.120. The normalized spacial score (nSPS) is 17.7. The van der Waals surface area contributed by atoms with Gasteiger partial charge in [0.2, 0.25) is 5.91 Å². The summed E-state index contributed by atoms with van der Waals surface area (Å²) in [5.41, 5.74) is 1.69. The van der Waals surface area contributed by atoms with E-state index in [1.165, 1.54) is 6.42 Å². The molecule has 1 fully saturated rings. The van der Waals surface area contributed by atoms with Crippen LogP contribution in [0, 0.1) is 0 Å². The molecule has 1 aliphatic heterocycles. The summed E-state index contributed by atoms with van der Waals surface area (Å²) in [7, 11) is 0. The number of rotatable bonds is 7. The van der Waals surface area contributed by atoms with Gasteiger partial charge in [-0.05, 0) is 38.9 Å². The van der Waals surface area contributed by atoms with Gasteiger partial charge in [0.25, 0.3) is 0 Å². The Bertz CT molecular complexity index is 812. The molecule has 0 radical (unpaired) electrons. The van der Waals surface area contributed by atoms with E-state index in [9.17, 15) is 14.7 Å². The first kappa shape index (κ1) is 18.5. The SMILES string of the molecule is CCN1CCCC1CNC(=O)Cc1c(C(=O)O)n(CC)c2ccccc12. The van der Waals surface area contributed by atoms with E-state index in [4.69, 9.17) is 0 Å². The number of para-hydroxylation sites is 1. The van der Waals surface area contributed by atoms with Crippen molar-refractivity contribution in [2.75, 3.05) is 19.6 Å². The molecule has 3 rings (SSSR count). The average Bonchev–Trinajstić information content (AvgIpc) is 3.22. The van der Waals surface area contributed by atoms with Crippen LogP contribution in [0.15, 0.2) is 24.3 Å². The van der Waals surface area contributed by atoms with Crippen molar-refractivity contribution in [3.63, 3.8) is 0 Å². The number of hydrogen-bond donors (Lipinski definition) is 2. The molecule has 1 aliphatic rings. The van der Waals surface area contributed by atoms with E-state index in [-0.39, 0.29) is 18.0 Å². The molecule has 6 heteroatoms. The number of aromatic carboxylic acids is 1. The summed E-state index contributed by atoms with van der Waals surface area (Å²) < 4.78 is 1.77. The van der Waals surface area contributed by atoms with Crippen LogP contribution < -0.4 is 5.32 Å². The lowest BCUT2D eigenvalue weighted by atomic mass is 10.1. The number of aromatic nitrogens is 1. The number of nitrogens with one attached hydrogen (secondary N) is 1. The molecule has 1 saturated heterocycles. The summed E-state index contributed by atoms with van der Waals surface area (Å²) in [6.45, 7) is 7.32. The molecule has 1 atom stereocenters. The topological polar surface area (TPSA) is 74.6 Å². The standard InChI is InChI=1S/C20H27N3O3/c1-3-22-11-7-8-14(22)13-21-18(24)12-16-15-9-5-6-10-17(15)23(4-2)19(16)20(25)26/h5-6,9-10,14H,3-4,7-8,11-13H2,1-2H3,(H,21,24)(H,25,26). The number of carboxylic acid groups (broad SMARTS) is 1. The lowest BCUT2D eigenvalue weighted by Gasteiger charge is -2.22. The van der Waals surface area contributed by atoms with E-state index in [1.54, 1.807) is 4.57 Å². The predicted molar refractivity (Wildman–Crippen MR) is 102 cm³/mol. The zero-order valence-electron chi connectivity index (χ0n) is 15.5. The summed E-state index contributed by atoms with van der Waals surface area (Å²) in [6.07, 6.45) is 2.36. The smallest absolute Gasteiger partial charge is 0.352 e. The fourth-order valence-electron chi connectivity index (χ4n) is 4.12. The van der Waals surface area contributed by atoms with Gasteiger partial charge in [-0.1, -0.05) is 25.1 Å². The van der Waals surface area contributed by atoms with Crippen molar-refractivity contribution in [1.29, 1.82) is 0 Å². The van der Waals surface area contributed by atoms with Crippen molar-refractivity contribution in [1.82, 2.24) is 14.8 Å². The fraction of sp³-hybridized carbons (Fsp3) is 0.500. The van der Waals surface area contributed by atoms with Crippen LogP contribution in [0.25, 0.3) is 10.9 Å². The van der Waals surface area contributed by atoms with E-state index >= 15 is 0 Å². The third kappa shape index (κ3) is 3.46. The number of hydrogen-bond acceptors (Lipinski definition) is 3. The van der Waals surface area contributed by atoms with Gasteiger partial charge in [-0.2, -0.15) is 0 Å². The molecule has 0 bridgehead atoms. The van der Waals surface area contributed by atoms with Gasteiger partial charge >= 0.3 is 5.97 Å². The number of carboxylic acids is 1. The molecular weight excluding hydrogens is 330 g/mol. The summed E-state index contributed by atoms with van der Waals surface area (Å²) >= 11 is 0. The molecule has 0 aliphatic carbocycles. The van der Waals surface area contributed by atoms with Crippen molar-refractivity contribution >= 4 is 22.8 Å². The number of carbonyl (C=O) groups is 2. The van der Waals surface area contributed by atoms with Crippen LogP contribution in [0.3, 0.4) is 0 Å². The summed E-state index contributed by atoms with van der Waals surface area (Å²) in [5, 5.41) is 13.6. The Balaban J connectivity index is 1.80. The number of benzene rings is 1. The van der Waals surface area contributed by atoms with Crippen molar-refractivity contribution in [2.24, 2.45) is 0 Å². The Morgan fingerprint density at radius 1 is 1.23 bits per heavy atom. The average molecular weight is 357 g/mol. The van der Waals surface area contributed by atoms with Crippen molar-refractivity contribution in [3.8, 4) is 0 Å².